The average molecular weight is 677 g/mol. The second-order valence-electron chi connectivity index (χ2n) is 15.6. The Morgan fingerprint density at radius 2 is 0.962 bits per heavy atom. The number of nitrogens with zero attached hydrogens (tertiary/aromatic N) is 2. The van der Waals surface area contributed by atoms with Gasteiger partial charge in [-0.15, -0.1) is 0 Å². The Morgan fingerprint density at radius 1 is 0.491 bits per heavy atom. The van der Waals surface area contributed by atoms with Gasteiger partial charge in [0.25, 0.3) is 0 Å². The Bertz CT molecular complexity index is 3180. The first-order valence-electron chi connectivity index (χ1n) is 18.9. The summed E-state index contributed by atoms with van der Waals surface area (Å²) in [5.41, 5.74) is 12.0. The van der Waals surface area contributed by atoms with Crippen LogP contribution in [0.2, 0.25) is 0 Å². The Kier molecular flexibility index (Phi) is 5.71. The Hall–Kier alpha value is -6.38. The molecule has 0 spiro atoms. The number of para-hydroxylation sites is 4. The monoisotopic (exact) mass is 676 g/mol. The quantitative estimate of drug-likeness (QED) is 0.161. The van der Waals surface area contributed by atoms with E-state index < -0.39 is 0 Å². The molecule has 0 amide bonds. The topological polar surface area (TPSA) is 9.86 Å². The van der Waals surface area contributed by atoms with Gasteiger partial charge in [0.2, 0.25) is 0 Å². The standard InChI is InChI=1S/C51H36N2/c1-51(2)42-29-31(52-43-23-11-7-16-33(43)34-17-8-12-24-44(34)52)27-28-40(42)48-38-21-5-3-15-32(38)41-30-47(37-20-4-6-22-39(37)49(41)50(48)51)53-45-25-13-9-18-35(45)36-19-10-14-26-46(36)53/h3-28,30-31H,29H2,1-2H3. The van der Waals surface area contributed by atoms with E-state index >= 15 is 0 Å². The molecule has 2 aromatic heterocycles. The Morgan fingerprint density at radius 3 is 1.57 bits per heavy atom. The summed E-state index contributed by atoms with van der Waals surface area (Å²) >= 11 is 0. The molecule has 2 aliphatic carbocycles. The second kappa shape index (κ2) is 10.4. The van der Waals surface area contributed by atoms with E-state index in [1.54, 1.807) is 0 Å². The number of aromatic nitrogens is 2. The van der Waals surface area contributed by atoms with Crippen LogP contribution in [0.15, 0.2) is 169 Å². The summed E-state index contributed by atoms with van der Waals surface area (Å²) in [4.78, 5) is 0. The van der Waals surface area contributed by atoms with E-state index in [4.69, 9.17) is 0 Å². The molecule has 10 aromatic rings. The fourth-order valence-corrected chi connectivity index (χ4v) is 10.5. The van der Waals surface area contributed by atoms with Gasteiger partial charge in [0.05, 0.1) is 22.8 Å². The van der Waals surface area contributed by atoms with Crippen LogP contribution in [0.3, 0.4) is 0 Å². The fraction of sp³-hybridized carbons (Fsp3) is 0.0980. The molecule has 0 aliphatic heterocycles. The van der Waals surface area contributed by atoms with Crippen molar-refractivity contribution in [3.63, 3.8) is 0 Å². The molecule has 2 aliphatic rings. The number of hydrogen-bond acceptors (Lipinski definition) is 0. The van der Waals surface area contributed by atoms with E-state index in [0.717, 1.165) is 6.42 Å². The molecule has 0 bridgehead atoms. The van der Waals surface area contributed by atoms with Crippen LogP contribution in [0, 0.1) is 0 Å². The van der Waals surface area contributed by atoms with Gasteiger partial charge < -0.3 is 9.13 Å². The molecule has 1 atom stereocenters. The van der Waals surface area contributed by atoms with Gasteiger partial charge in [-0.3, -0.25) is 0 Å². The van der Waals surface area contributed by atoms with E-state index in [1.165, 1.54) is 104 Å². The van der Waals surface area contributed by atoms with Gasteiger partial charge in [0, 0.05) is 43.4 Å². The summed E-state index contributed by atoms with van der Waals surface area (Å²) in [5, 5.41) is 13.2. The summed E-state index contributed by atoms with van der Waals surface area (Å²) in [6.07, 6.45) is 5.92. The summed E-state index contributed by atoms with van der Waals surface area (Å²) < 4.78 is 5.09. The minimum absolute atomic E-state index is 0.175. The number of allylic oxidation sites excluding steroid dienone is 4. The number of benzene rings is 8. The van der Waals surface area contributed by atoms with Crippen molar-refractivity contribution >= 4 is 81.5 Å². The Labute approximate surface area is 307 Å². The zero-order valence-electron chi connectivity index (χ0n) is 29.8. The third-order valence-corrected chi connectivity index (χ3v) is 12.7. The molecule has 1 unspecified atom stereocenters. The van der Waals surface area contributed by atoms with E-state index in [9.17, 15) is 0 Å². The maximum absolute atomic E-state index is 2.59. The summed E-state index contributed by atoms with van der Waals surface area (Å²) in [7, 11) is 0. The van der Waals surface area contributed by atoms with E-state index in [-0.39, 0.29) is 11.5 Å². The Balaban J connectivity index is 1.14. The molecular weight excluding hydrogens is 641 g/mol. The lowest BCUT2D eigenvalue weighted by Gasteiger charge is -2.31. The predicted octanol–water partition coefficient (Wildman–Crippen LogP) is 13.6. The molecule has 0 saturated heterocycles. The highest BCUT2D eigenvalue weighted by molar-refractivity contribution is 6.26. The predicted molar refractivity (Wildman–Crippen MR) is 225 cm³/mol. The summed E-state index contributed by atoms with van der Waals surface area (Å²) in [6.45, 7) is 4.97. The van der Waals surface area contributed by atoms with Crippen LogP contribution in [0.25, 0.3) is 87.2 Å². The number of fused-ring (bicyclic) bond motifs is 15. The minimum atomic E-state index is -0.175. The van der Waals surface area contributed by atoms with Crippen molar-refractivity contribution in [2.45, 2.75) is 31.7 Å². The zero-order chi connectivity index (χ0) is 35.0. The first kappa shape index (κ1) is 29.2. The van der Waals surface area contributed by atoms with Crippen molar-refractivity contribution in [3.8, 4) is 5.69 Å². The van der Waals surface area contributed by atoms with Crippen LogP contribution in [0.4, 0.5) is 0 Å². The molecule has 250 valence electrons. The smallest absolute Gasteiger partial charge is 0.0563 e. The largest absolute Gasteiger partial charge is 0.333 e. The fourth-order valence-electron chi connectivity index (χ4n) is 10.5. The van der Waals surface area contributed by atoms with Crippen molar-refractivity contribution in [2.75, 3.05) is 0 Å². The summed E-state index contributed by atoms with van der Waals surface area (Å²) in [6, 6.07) is 56.6. The van der Waals surface area contributed by atoms with Crippen LogP contribution in [0.5, 0.6) is 0 Å². The molecular formula is C51H36N2. The minimum Gasteiger partial charge on any atom is -0.333 e. The molecule has 12 rings (SSSR count). The second-order valence-corrected chi connectivity index (χ2v) is 15.6. The zero-order valence-corrected chi connectivity index (χ0v) is 29.8. The highest BCUT2D eigenvalue weighted by Gasteiger charge is 2.42. The van der Waals surface area contributed by atoms with Crippen LogP contribution >= 0.6 is 0 Å². The van der Waals surface area contributed by atoms with Crippen molar-refractivity contribution in [1.82, 2.24) is 9.13 Å². The lowest BCUT2D eigenvalue weighted by Crippen LogP contribution is -2.22. The van der Waals surface area contributed by atoms with Gasteiger partial charge in [0.15, 0.2) is 0 Å². The third-order valence-electron chi connectivity index (χ3n) is 12.7. The molecule has 2 nitrogen and oxygen atoms in total. The van der Waals surface area contributed by atoms with Crippen LogP contribution < -0.4 is 0 Å². The lowest BCUT2D eigenvalue weighted by molar-refractivity contribution is 0.546. The SMILES string of the molecule is CC1(C)C2=C(C=CC(n3c4ccccc4c4ccccc43)C2)c2c1c1c3ccccc3c(-n3c4ccccc4c4ccccc43)cc1c1ccccc21. The maximum atomic E-state index is 2.59. The molecule has 8 aromatic carbocycles. The first-order valence-corrected chi connectivity index (χ1v) is 18.9. The van der Waals surface area contributed by atoms with E-state index in [0.29, 0.717) is 0 Å². The van der Waals surface area contributed by atoms with Crippen molar-refractivity contribution in [1.29, 1.82) is 0 Å². The van der Waals surface area contributed by atoms with Gasteiger partial charge in [-0.05, 0) is 86.0 Å². The van der Waals surface area contributed by atoms with Crippen molar-refractivity contribution in [2.24, 2.45) is 0 Å². The van der Waals surface area contributed by atoms with Gasteiger partial charge in [0.1, 0.15) is 0 Å². The number of rotatable bonds is 2. The molecule has 2 heteroatoms. The van der Waals surface area contributed by atoms with Gasteiger partial charge in [-0.1, -0.05) is 147 Å². The van der Waals surface area contributed by atoms with Crippen molar-refractivity contribution < 1.29 is 0 Å². The van der Waals surface area contributed by atoms with E-state index in [2.05, 4.69) is 187 Å². The molecule has 0 radical (unpaired) electrons. The third kappa shape index (κ3) is 3.73. The normalized spacial score (nSPS) is 16.6. The highest BCUT2D eigenvalue weighted by Crippen LogP contribution is 2.58. The number of hydrogen-bond donors (Lipinski definition) is 0. The molecule has 2 heterocycles. The molecule has 53 heavy (non-hydrogen) atoms. The first-order chi connectivity index (χ1) is 26.1. The highest BCUT2D eigenvalue weighted by atomic mass is 15.0. The van der Waals surface area contributed by atoms with Gasteiger partial charge in [-0.25, -0.2) is 0 Å². The molecule has 0 saturated carbocycles. The molecule has 0 fully saturated rings. The van der Waals surface area contributed by atoms with Crippen LogP contribution in [-0.4, -0.2) is 9.13 Å². The molecule has 0 N–H and O–H groups in total. The van der Waals surface area contributed by atoms with Crippen LogP contribution in [-0.2, 0) is 5.41 Å². The van der Waals surface area contributed by atoms with Crippen LogP contribution in [0.1, 0.15) is 37.4 Å². The van der Waals surface area contributed by atoms with Gasteiger partial charge >= 0.3 is 0 Å². The summed E-state index contributed by atoms with van der Waals surface area (Å²) in [5.74, 6) is 0. The van der Waals surface area contributed by atoms with E-state index in [1.807, 2.05) is 0 Å². The van der Waals surface area contributed by atoms with Gasteiger partial charge in [-0.2, -0.15) is 0 Å². The van der Waals surface area contributed by atoms with Crippen molar-refractivity contribution in [3.05, 3.63) is 181 Å². The average Bonchev–Trinajstić information content (AvgIpc) is 3.81. The maximum Gasteiger partial charge on any atom is 0.0563 e. The lowest BCUT2D eigenvalue weighted by atomic mass is 9.75.